The van der Waals surface area contributed by atoms with E-state index < -0.39 is 0 Å². The molecule has 2 heteroatoms. The highest BCUT2D eigenvalue weighted by molar-refractivity contribution is 5.27. The van der Waals surface area contributed by atoms with Crippen LogP contribution in [0.25, 0.3) is 0 Å². The molecular weight excluding hydrogens is 220 g/mol. The normalized spacial score (nSPS) is 21.4. The van der Waals surface area contributed by atoms with Crippen LogP contribution in [0.4, 0.5) is 0 Å². The maximum absolute atomic E-state index is 3.58. The van der Waals surface area contributed by atoms with Gasteiger partial charge in [0.2, 0.25) is 0 Å². The second-order valence-corrected chi connectivity index (χ2v) is 5.69. The molecule has 2 nitrogen and oxygen atoms in total. The quantitative estimate of drug-likeness (QED) is 0.833. The first-order chi connectivity index (χ1) is 8.70. The van der Waals surface area contributed by atoms with E-state index in [2.05, 4.69) is 55.8 Å². The van der Waals surface area contributed by atoms with Crippen molar-refractivity contribution >= 4 is 0 Å². The highest BCUT2D eigenvalue weighted by Gasteiger charge is 2.19. The molecule has 100 valence electrons. The van der Waals surface area contributed by atoms with Crippen molar-refractivity contribution in [2.75, 3.05) is 13.6 Å². The van der Waals surface area contributed by atoms with Gasteiger partial charge < -0.3 is 10.6 Å². The molecule has 2 unspecified atom stereocenters. The van der Waals surface area contributed by atoms with Crippen LogP contribution in [0.1, 0.15) is 56.2 Å². The summed E-state index contributed by atoms with van der Waals surface area (Å²) in [7, 11) is 2.07. The van der Waals surface area contributed by atoms with E-state index in [0.29, 0.717) is 18.0 Å². The molecule has 0 bridgehead atoms. The summed E-state index contributed by atoms with van der Waals surface area (Å²) in [5, 5.41) is 7.03. The van der Waals surface area contributed by atoms with Crippen LogP contribution < -0.4 is 10.6 Å². The Bertz CT molecular complexity index is 350. The van der Waals surface area contributed by atoms with Crippen molar-refractivity contribution < 1.29 is 0 Å². The number of nitrogens with one attached hydrogen (secondary N) is 2. The monoisotopic (exact) mass is 246 g/mol. The van der Waals surface area contributed by atoms with Gasteiger partial charge in [-0.15, -0.1) is 0 Å². The van der Waals surface area contributed by atoms with Gasteiger partial charge in [-0.2, -0.15) is 0 Å². The third kappa shape index (κ3) is 3.33. The van der Waals surface area contributed by atoms with Crippen molar-refractivity contribution in [1.82, 2.24) is 10.6 Å². The van der Waals surface area contributed by atoms with Gasteiger partial charge in [0, 0.05) is 12.1 Å². The van der Waals surface area contributed by atoms with Crippen molar-refractivity contribution in [1.29, 1.82) is 0 Å². The third-order valence-corrected chi connectivity index (χ3v) is 4.04. The van der Waals surface area contributed by atoms with Crippen LogP contribution in [0.3, 0.4) is 0 Å². The van der Waals surface area contributed by atoms with Crippen LogP contribution in [-0.2, 0) is 0 Å². The third-order valence-electron chi connectivity index (χ3n) is 4.04. The Morgan fingerprint density at radius 3 is 2.39 bits per heavy atom. The Kier molecular flexibility index (Phi) is 4.79. The molecule has 0 amide bonds. The lowest BCUT2D eigenvalue weighted by Gasteiger charge is -2.21. The Balaban J connectivity index is 2.02. The van der Waals surface area contributed by atoms with Gasteiger partial charge in [0.25, 0.3) is 0 Å². The molecule has 0 aromatic heterocycles. The Morgan fingerprint density at radius 1 is 1.22 bits per heavy atom. The average Bonchev–Trinajstić information content (AvgIpc) is 2.89. The lowest BCUT2D eigenvalue weighted by Crippen LogP contribution is -2.28. The van der Waals surface area contributed by atoms with Crippen LogP contribution in [0.5, 0.6) is 0 Å². The minimum absolute atomic E-state index is 0.474. The van der Waals surface area contributed by atoms with E-state index in [1.165, 1.54) is 36.9 Å². The zero-order valence-corrected chi connectivity index (χ0v) is 11.9. The molecule has 1 aliphatic rings. The first-order valence-electron chi connectivity index (χ1n) is 7.21. The summed E-state index contributed by atoms with van der Waals surface area (Å²) in [6, 6.07) is 10.3. The molecule has 1 fully saturated rings. The Labute approximate surface area is 111 Å². The minimum atomic E-state index is 0.474. The summed E-state index contributed by atoms with van der Waals surface area (Å²) < 4.78 is 0. The Morgan fingerprint density at radius 2 is 1.89 bits per heavy atom. The summed E-state index contributed by atoms with van der Waals surface area (Å²) in [5.41, 5.74) is 2.84. The fourth-order valence-corrected chi connectivity index (χ4v) is 2.78. The van der Waals surface area contributed by atoms with Crippen LogP contribution in [0, 0.1) is 0 Å². The molecule has 1 aromatic carbocycles. The summed E-state index contributed by atoms with van der Waals surface area (Å²) in [5.74, 6) is 0.614. The first kappa shape index (κ1) is 13.6. The highest BCUT2D eigenvalue weighted by Crippen LogP contribution is 2.24. The van der Waals surface area contributed by atoms with Gasteiger partial charge in [-0.05, 0) is 49.9 Å². The van der Waals surface area contributed by atoms with E-state index in [-0.39, 0.29) is 0 Å². The van der Waals surface area contributed by atoms with Crippen LogP contribution in [0.15, 0.2) is 24.3 Å². The van der Waals surface area contributed by atoms with Crippen molar-refractivity contribution in [2.24, 2.45) is 0 Å². The van der Waals surface area contributed by atoms with Crippen LogP contribution in [0.2, 0.25) is 0 Å². The van der Waals surface area contributed by atoms with Crippen molar-refractivity contribution in [2.45, 2.75) is 51.1 Å². The second kappa shape index (κ2) is 6.35. The summed E-state index contributed by atoms with van der Waals surface area (Å²) in [6.45, 7) is 5.67. The molecule has 1 heterocycles. The van der Waals surface area contributed by atoms with Gasteiger partial charge in [0.05, 0.1) is 0 Å². The number of benzene rings is 1. The largest absolute Gasteiger partial charge is 0.314 e. The van der Waals surface area contributed by atoms with E-state index >= 15 is 0 Å². The van der Waals surface area contributed by atoms with E-state index in [1.54, 1.807) is 0 Å². The summed E-state index contributed by atoms with van der Waals surface area (Å²) in [6.07, 6.45) is 3.84. The first-order valence-corrected chi connectivity index (χ1v) is 7.21. The van der Waals surface area contributed by atoms with E-state index in [9.17, 15) is 0 Å². The zero-order valence-electron chi connectivity index (χ0n) is 11.9. The van der Waals surface area contributed by atoms with E-state index in [1.807, 2.05) is 0 Å². The van der Waals surface area contributed by atoms with Gasteiger partial charge in [0.15, 0.2) is 0 Å². The van der Waals surface area contributed by atoms with Crippen molar-refractivity contribution in [3.05, 3.63) is 35.4 Å². The average molecular weight is 246 g/mol. The molecule has 0 radical (unpaired) electrons. The lowest BCUT2D eigenvalue weighted by molar-refractivity contribution is 0.453. The number of rotatable bonds is 5. The number of hydrogen-bond acceptors (Lipinski definition) is 2. The molecular formula is C16H26N2. The predicted molar refractivity (Wildman–Crippen MR) is 78.0 cm³/mol. The highest BCUT2D eigenvalue weighted by atomic mass is 15.0. The number of hydrogen-bond donors (Lipinski definition) is 2. The molecule has 18 heavy (non-hydrogen) atoms. The molecule has 2 rings (SSSR count). The maximum Gasteiger partial charge on any atom is 0.0332 e. The van der Waals surface area contributed by atoms with Gasteiger partial charge >= 0.3 is 0 Å². The fourth-order valence-electron chi connectivity index (χ4n) is 2.78. The van der Waals surface area contributed by atoms with E-state index in [4.69, 9.17) is 0 Å². The van der Waals surface area contributed by atoms with Crippen LogP contribution in [-0.4, -0.2) is 19.6 Å². The SMILES string of the molecule is CNC(CC1CCCN1)c1ccc(C(C)C)cc1. The fraction of sp³-hybridized carbons (Fsp3) is 0.625. The standard InChI is InChI=1S/C16H26N2/c1-12(2)13-6-8-14(9-7-13)16(17-3)11-15-5-4-10-18-15/h6-9,12,15-18H,4-5,10-11H2,1-3H3. The summed E-state index contributed by atoms with van der Waals surface area (Å²) in [4.78, 5) is 0. The van der Waals surface area contributed by atoms with Crippen molar-refractivity contribution in [3.63, 3.8) is 0 Å². The maximum atomic E-state index is 3.58. The molecule has 0 saturated carbocycles. The molecule has 1 saturated heterocycles. The van der Waals surface area contributed by atoms with Crippen LogP contribution >= 0.6 is 0 Å². The molecule has 1 aliphatic heterocycles. The minimum Gasteiger partial charge on any atom is -0.314 e. The second-order valence-electron chi connectivity index (χ2n) is 5.69. The topological polar surface area (TPSA) is 24.1 Å². The molecule has 1 aromatic rings. The van der Waals surface area contributed by atoms with Gasteiger partial charge in [0.1, 0.15) is 0 Å². The Hall–Kier alpha value is -0.860. The van der Waals surface area contributed by atoms with E-state index in [0.717, 1.165) is 0 Å². The smallest absolute Gasteiger partial charge is 0.0332 e. The molecule has 0 spiro atoms. The predicted octanol–water partition coefficient (Wildman–Crippen LogP) is 3.21. The molecule has 2 atom stereocenters. The van der Waals surface area contributed by atoms with Crippen molar-refractivity contribution in [3.8, 4) is 0 Å². The zero-order chi connectivity index (χ0) is 13.0. The lowest BCUT2D eigenvalue weighted by atomic mass is 9.95. The van der Waals surface area contributed by atoms with Gasteiger partial charge in [-0.1, -0.05) is 38.1 Å². The van der Waals surface area contributed by atoms with Gasteiger partial charge in [-0.3, -0.25) is 0 Å². The molecule has 0 aliphatic carbocycles. The summed E-state index contributed by atoms with van der Waals surface area (Å²) >= 11 is 0. The molecule has 2 N–H and O–H groups in total. The van der Waals surface area contributed by atoms with Gasteiger partial charge in [-0.25, -0.2) is 0 Å².